The van der Waals surface area contributed by atoms with Crippen LogP contribution in [0.4, 0.5) is 5.82 Å². The maximum absolute atomic E-state index is 9.16. The van der Waals surface area contributed by atoms with E-state index in [0.29, 0.717) is 31.1 Å². The van der Waals surface area contributed by atoms with Gasteiger partial charge in [-0.3, -0.25) is 0 Å². The summed E-state index contributed by atoms with van der Waals surface area (Å²) in [6.07, 6.45) is 2.44. The molecule has 2 rings (SSSR count). The Bertz CT molecular complexity index is 493. The average Bonchev–Trinajstić information content (AvgIpc) is 2.96. The lowest BCUT2D eigenvalue weighted by atomic mass is 10.1. The van der Waals surface area contributed by atoms with Gasteiger partial charge < -0.3 is 14.8 Å². The molecule has 1 aliphatic rings. The third-order valence-corrected chi connectivity index (χ3v) is 3.43. The molecule has 1 unspecified atom stereocenters. The topological polar surface area (TPSA) is 80.1 Å². The highest BCUT2D eigenvalue weighted by molar-refractivity contribution is 5.55. The first kappa shape index (κ1) is 14.7. The van der Waals surface area contributed by atoms with Gasteiger partial charge in [-0.05, 0) is 32.3 Å². The minimum atomic E-state index is 0.242. The molecule has 0 aliphatic carbocycles. The molecular weight excluding hydrogens is 256 g/mol. The molecule has 1 aromatic heterocycles. The number of aromatic nitrogens is 2. The van der Waals surface area contributed by atoms with Gasteiger partial charge in [0.05, 0.1) is 25.0 Å². The van der Waals surface area contributed by atoms with Gasteiger partial charge in [0.25, 0.3) is 0 Å². The Morgan fingerprint density at radius 3 is 3.00 bits per heavy atom. The van der Waals surface area contributed by atoms with E-state index in [-0.39, 0.29) is 6.10 Å². The second-order valence-electron chi connectivity index (χ2n) is 4.88. The Balaban J connectivity index is 1.76. The van der Waals surface area contributed by atoms with Crippen molar-refractivity contribution in [1.29, 1.82) is 5.26 Å². The summed E-state index contributed by atoms with van der Waals surface area (Å²) in [5, 5.41) is 20.3. The van der Waals surface area contributed by atoms with Crippen LogP contribution in [-0.4, -0.2) is 42.7 Å². The number of hydrogen-bond acceptors (Lipinski definition) is 6. The molecule has 1 fully saturated rings. The summed E-state index contributed by atoms with van der Waals surface area (Å²) in [5.74, 6) is 0.524. The third kappa shape index (κ3) is 3.65. The highest BCUT2D eigenvalue weighted by atomic mass is 16.5. The summed E-state index contributed by atoms with van der Waals surface area (Å²) in [6.45, 7) is 6.35. The van der Waals surface area contributed by atoms with E-state index in [0.717, 1.165) is 30.7 Å². The Kier molecular flexibility index (Phi) is 5.27. The van der Waals surface area contributed by atoms with Gasteiger partial charge in [-0.2, -0.15) is 10.4 Å². The van der Waals surface area contributed by atoms with Crippen LogP contribution in [0.2, 0.25) is 0 Å². The molecule has 0 amide bonds. The van der Waals surface area contributed by atoms with Crippen molar-refractivity contribution in [1.82, 2.24) is 10.2 Å². The first-order valence-electron chi connectivity index (χ1n) is 6.89. The molecule has 0 radical (unpaired) electrons. The van der Waals surface area contributed by atoms with E-state index in [1.807, 2.05) is 13.8 Å². The lowest BCUT2D eigenvalue weighted by molar-refractivity contribution is 0.0206. The van der Waals surface area contributed by atoms with Crippen molar-refractivity contribution in [2.75, 3.05) is 31.7 Å². The van der Waals surface area contributed by atoms with Gasteiger partial charge in [0.2, 0.25) is 0 Å². The Labute approximate surface area is 119 Å². The van der Waals surface area contributed by atoms with Crippen LogP contribution in [-0.2, 0) is 9.47 Å². The number of nitriles is 1. The molecule has 0 saturated carbocycles. The van der Waals surface area contributed by atoms with E-state index in [9.17, 15) is 0 Å². The van der Waals surface area contributed by atoms with Crippen LogP contribution in [0.3, 0.4) is 0 Å². The summed E-state index contributed by atoms with van der Waals surface area (Å²) in [5.41, 5.74) is 2.20. The normalized spacial score (nSPS) is 17.9. The van der Waals surface area contributed by atoms with Crippen LogP contribution in [0.25, 0.3) is 0 Å². The lowest BCUT2D eigenvalue weighted by Gasteiger charge is -2.12. The van der Waals surface area contributed by atoms with Gasteiger partial charge in [-0.25, -0.2) is 0 Å². The highest BCUT2D eigenvalue weighted by Crippen LogP contribution is 2.16. The molecule has 0 bridgehead atoms. The predicted molar refractivity (Wildman–Crippen MR) is 74.5 cm³/mol. The van der Waals surface area contributed by atoms with Gasteiger partial charge in [0.15, 0.2) is 5.82 Å². The molecule has 6 nitrogen and oxygen atoms in total. The second kappa shape index (κ2) is 7.17. The number of aryl methyl sites for hydroxylation is 1. The maximum Gasteiger partial charge on any atom is 0.167 e. The predicted octanol–water partition coefficient (Wildman–Crippen LogP) is 1.57. The van der Waals surface area contributed by atoms with Crippen LogP contribution in [0.5, 0.6) is 0 Å². The molecule has 108 valence electrons. The van der Waals surface area contributed by atoms with E-state index in [1.54, 1.807) is 0 Å². The van der Waals surface area contributed by atoms with Crippen LogP contribution >= 0.6 is 0 Å². The van der Waals surface area contributed by atoms with Crippen LogP contribution in [0.1, 0.15) is 29.7 Å². The summed E-state index contributed by atoms with van der Waals surface area (Å²) in [7, 11) is 0. The largest absolute Gasteiger partial charge is 0.377 e. The van der Waals surface area contributed by atoms with E-state index in [1.165, 1.54) is 0 Å². The molecule has 0 spiro atoms. The van der Waals surface area contributed by atoms with Gasteiger partial charge >= 0.3 is 0 Å². The molecule has 6 heteroatoms. The first-order valence-corrected chi connectivity index (χ1v) is 6.89. The Hall–Kier alpha value is -1.71. The highest BCUT2D eigenvalue weighted by Gasteiger charge is 2.15. The van der Waals surface area contributed by atoms with Crippen LogP contribution < -0.4 is 5.32 Å². The third-order valence-electron chi connectivity index (χ3n) is 3.43. The number of anilines is 1. The zero-order valence-electron chi connectivity index (χ0n) is 12.0. The van der Waals surface area contributed by atoms with E-state index < -0.39 is 0 Å². The van der Waals surface area contributed by atoms with E-state index in [4.69, 9.17) is 14.7 Å². The zero-order valence-corrected chi connectivity index (χ0v) is 12.0. The van der Waals surface area contributed by atoms with Crippen molar-refractivity contribution >= 4 is 5.82 Å². The Morgan fingerprint density at radius 1 is 1.45 bits per heavy atom. The van der Waals surface area contributed by atoms with Gasteiger partial charge in [-0.15, -0.1) is 5.10 Å². The molecule has 20 heavy (non-hydrogen) atoms. The van der Waals surface area contributed by atoms with Gasteiger partial charge in [0, 0.05) is 13.2 Å². The summed E-state index contributed by atoms with van der Waals surface area (Å²) >= 11 is 0. The SMILES string of the molecule is Cc1nnc(NCCOCC2CCCO2)c(C#N)c1C. The number of hydrogen-bond donors (Lipinski definition) is 1. The number of nitrogens with zero attached hydrogens (tertiary/aromatic N) is 3. The van der Waals surface area contributed by atoms with Crippen molar-refractivity contribution < 1.29 is 9.47 Å². The summed E-state index contributed by atoms with van der Waals surface area (Å²) in [4.78, 5) is 0. The van der Waals surface area contributed by atoms with Crippen molar-refractivity contribution in [3.8, 4) is 6.07 Å². The number of nitrogens with one attached hydrogen (secondary N) is 1. The Morgan fingerprint density at radius 2 is 2.30 bits per heavy atom. The fourth-order valence-corrected chi connectivity index (χ4v) is 2.10. The molecule has 1 N–H and O–H groups in total. The van der Waals surface area contributed by atoms with Crippen molar-refractivity contribution in [2.24, 2.45) is 0 Å². The molecule has 2 heterocycles. The van der Waals surface area contributed by atoms with Crippen molar-refractivity contribution in [2.45, 2.75) is 32.8 Å². The summed E-state index contributed by atoms with van der Waals surface area (Å²) < 4.78 is 11.0. The number of ether oxygens (including phenoxy) is 2. The van der Waals surface area contributed by atoms with Gasteiger partial charge in [-0.1, -0.05) is 0 Å². The fourth-order valence-electron chi connectivity index (χ4n) is 2.10. The van der Waals surface area contributed by atoms with Crippen LogP contribution in [0.15, 0.2) is 0 Å². The molecular formula is C14H20N4O2. The van der Waals surface area contributed by atoms with E-state index >= 15 is 0 Å². The molecule has 1 atom stereocenters. The quantitative estimate of drug-likeness (QED) is 0.794. The van der Waals surface area contributed by atoms with Crippen molar-refractivity contribution in [3.05, 3.63) is 16.8 Å². The second-order valence-corrected chi connectivity index (χ2v) is 4.88. The molecule has 1 saturated heterocycles. The minimum absolute atomic E-state index is 0.242. The van der Waals surface area contributed by atoms with Gasteiger partial charge in [0.1, 0.15) is 11.6 Å². The van der Waals surface area contributed by atoms with Crippen molar-refractivity contribution in [3.63, 3.8) is 0 Å². The smallest absolute Gasteiger partial charge is 0.167 e. The zero-order chi connectivity index (χ0) is 14.4. The lowest BCUT2D eigenvalue weighted by Crippen LogP contribution is -2.18. The van der Waals surface area contributed by atoms with Crippen LogP contribution in [0, 0.1) is 25.2 Å². The number of rotatable bonds is 6. The maximum atomic E-state index is 9.16. The standard InChI is InChI=1S/C14H20N4O2/c1-10-11(2)17-18-14(13(10)8-15)16-5-7-19-9-12-4-3-6-20-12/h12H,3-7,9H2,1-2H3,(H,16,18). The monoisotopic (exact) mass is 276 g/mol. The average molecular weight is 276 g/mol. The summed E-state index contributed by atoms with van der Waals surface area (Å²) in [6, 6.07) is 2.16. The van der Waals surface area contributed by atoms with E-state index in [2.05, 4.69) is 21.6 Å². The molecule has 1 aliphatic heterocycles. The first-order chi connectivity index (χ1) is 9.72. The molecule has 1 aromatic rings. The fraction of sp³-hybridized carbons (Fsp3) is 0.643. The molecule has 0 aromatic carbocycles. The minimum Gasteiger partial charge on any atom is -0.377 e.